The standard InChI is InChI=1S/C17H29O7PS/c1-13(2)22-25(18,23-14(3)4)12-21-11-16(6)24-26(19,20)17-9-7-15(5)8-10-17/h7-10,13-14,16H,11-12H2,1-6H3. The van der Waals surface area contributed by atoms with Gasteiger partial charge in [0.05, 0.1) is 29.8 Å². The summed E-state index contributed by atoms with van der Waals surface area (Å²) in [6.45, 7) is 10.3. The Hall–Kier alpha value is -0.760. The van der Waals surface area contributed by atoms with E-state index in [1.54, 1.807) is 46.8 Å². The van der Waals surface area contributed by atoms with E-state index in [2.05, 4.69) is 0 Å². The smallest absolute Gasteiger partial charge is 0.356 e. The van der Waals surface area contributed by atoms with Crippen LogP contribution in [0.15, 0.2) is 29.2 Å². The van der Waals surface area contributed by atoms with Crippen LogP contribution in [-0.2, 0) is 32.7 Å². The highest BCUT2D eigenvalue weighted by molar-refractivity contribution is 7.86. The average molecular weight is 408 g/mol. The lowest BCUT2D eigenvalue weighted by atomic mass is 10.2. The Balaban J connectivity index is 2.60. The normalized spacial score (nSPS) is 14.2. The van der Waals surface area contributed by atoms with Crippen LogP contribution in [0.5, 0.6) is 0 Å². The second-order valence-corrected chi connectivity index (χ2v) is 10.1. The van der Waals surface area contributed by atoms with Crippen LogP contribution in [0.4, 0.5) is 0 Å². The van der Waals surface area contributed by atoms with Crippen LogP contribution >= 0.6 is 7.60 Å². The van der Waals surface area contributed by atoms with Crippen molar-refractivity contribution in [1.29, 1.82) is 0 Å². The molecule has 0 spiro atoms. The van der Waals surface area contributed by atoms with E-state index in [0.29, 0.717) is 0 Å². The summed E-state index contributed by atoms with van der Waals surface area (Å²) in [5, 5.41) is 0. The highest BCUT2D eigenvalue weighted by Crippen LogP contribution is 2.50. The molecule has 1 aromatic rings. The van der Waals surface area contributed by atoms with Crippen molar-refractivity contribution < 1.29 is 31.0 Å². The first-order chi connectivity index (χ1) is 11.9. The van der Waals surface area contributed by atoms with E-state index < -0.39 is 23.8 Å². The van der Waals surface area contributed by atoms with Crippen LogP contribution < -0.4 is 0 Å². The van der Waals surface area contributed by atoms with Crippen molar-refractivity contribution in [2.45, 2.75) is 64.7 Å². The topological polar surface area (TPSA) is 88.1 Å². The summed E-state index contributed by atoms with van der Waals surface area (Å²) in [5.74, 6) is 0. The van der Waals surface area contributed by atoms with Gasteiger partial charge in [-0.1, -0.05) is 17.7 Å². The second-order valence-electron chi connectivity index (χ2n) is 6.59. The third-order valence-electron chi connectivity index (χ3n) is 2.95. The van der Waals surface area contributed by atoms with Gasteiger partial charge in [-0.3, -0.25) is 8.75 Å². The van der Waals surface area contributed by atoms with Crippen LogP contribution in [0.1, 0.15) is 40.2 Å². The maximum Gasteiger partial charge on any atom is 0.356 e. The van der Waals surface area contributed by atoms with Crippen LogP contribution in [0, 0.1) is 6.92 Å². The van der Waals surface area contributed by atoms with Gasteiger partial charge in [0.15, 0.2) is 0 Å². The van der Waals surface area contributed by atoms with E-state index in [1.807, 2.05) is 6.92 Å². The number of hydrogen-bond acceptors (Lipinski definition) is 7. The van der Waals surface area contributed by atoms with Crippen molar-refractivity contribution in [2.24, 2.45) is 0 Å². The third-order valence-corrected chi connectivity index (χ3v) is 6.36. The van der Waals surface area contributed by atoms with Gasteiger partial charge in [0.2, 0.25) is 0 Å². The SMILES string of the molecule is Cc1ccc(S(=O)(=O)OC(C)COCP(=O)(OC(C)C)OC(C)C)cc1. The lowest BCUT2D eigenvalue weighted by molar-refractivity contribution is 0.0607. The first kappa shape index (κ1) is 23.3. The lowest BCUT2D eigenvalue weighted by Crippen LogP contribution is -2.22. The maximum atomic E-state index is 12.6. The van der Waals surface area contributed by atoms with Gasteiger partial charge in [-0.05, 0) is 53.7 Å². The molecule has 9 heteroatoms. The fourth-order valence-electron chi connectivity index (χ4n) is 2.06. The molecule has 0 amide bonds. The van der Waals surface area contributed by atoms with E-state index in [-0.39, 0.29) is 30.1 Å². The van der Waals surface area contributed by atoms with Crippen LogP contribution in [-0.4, -0.2) is 39.7 Å². The summed E-state index contributed by atoms with van der Waals surface area (Å²) < 4.78 is 58.3. The Morgan fingerprint density at radius 2 is 1.46 bits per heavy atom. The van der Waals surface area contributed by atoms with Gasteiger partial charge < -0.3 is 13.8 Å². The summed E-state index contributed by atoms with van der Waals surface area (Å²) in [7, 11) is -7.32. The number of aryl methyl sites for hydroxylation is 1. The van der Waals surface area contributed by atoms with Crippen molar-refractivity contribution >= 4 is 17.7 Å². The maximum absolute atomic E-state index is 12.6. The second kappa shape index (κ2) is 9.97. The summed E-state index contributed by atoms with van der Waals surface area (Å²) in [5.41, 5.74) is 0.950. The van der Waals surface area contributed by atoms with E-state index >= 15 is 0 Å². The molecule has 0 radical (unpaired) electrons. The van der Waals surface area contributed by atoms with Gasteiger partial charge in [-0.2, -0.15) is 8.42 Å². The van der Waals surface area contributed by atoms with Crippen molar-refractivity contribution in [1.82, 2.24) is 0 Å². The fraction of sp³-hybridized carbons (Fsp3) is 0.647. The van der Waals surface area contributed by atoms with Crippen molar-refractivity contribution in [2.75, 3.05) is 13.0 Å². The fourth-order valence-corrected chi connectivity index (χ4v) is 4.92. The van der Waals surface area contributed by atoms with Crippen LogP contribution in [0.3, 0.4) is 0 Å². The Morgan fingerprint density at radius 1 is 0.962 bits per heavy atom. The predicted octanol–water partition coefficient (Wildman–Crippen LogP) is 4.11. The molecule has 0 bridgehead atoms. The molecule has 0 saturated heterocycles. The molecule has 0 aliphatic heterocycles. The Kier molecular flexibility index (Phi) is 8.93. The molecule has 1 aromatic carbocycles. The highest BCUT2D eigenvalue weighted by atomic mass is 32.2. The molecule has 0 saturated carbocycles. The molecule has 1 atom stereocenters. The molecular weight excluding hydrogens is 379 g/mol. The summed E-state index contributed by atoms with van der Waals surface area (Å²) >= 11 is 0. The molecule has 1 rings (SSSR count). The van der Waals surface area contributed by atoms with E-state index in [4.69, 9.17) is 18.0 Å². The average Bonchev–Trinajstić information content (AvgIpc) is 2.44. The van der Waals surface area contributed by atoms with Crippen LogP contribution in [0.2, 0.25) is 0 Å². The zero-order valence-electron chi connectivity index (χ0n) is 16.2. The summed E-state index contributed by atoms with van der Waals surface area (Å²) in [6, 6.07) is 6.36. The van der Waals surface area contributed by atoms with Crippen molar-refractivity contribution in [3.05, 3.63) is 29.8 Å². The van der Waals surface area contributed by atoms with Gasteiger partial charge in [0.1, 0.15) is 6.35 Å². The van der Waals surface area contributed by atoms with Gasteiger partial charge in [0.25, 0.3) is 10.1 Å². The first-order valence-corrected chi connectivity index (χ1v) is 11.6. The molecule has 0 heterocycles. The van der Waals surface area contributed by atoms with Crippen molar-refractivity contribution in [3.63, 3.8) is 0 Å². The molecule has 0 aromatic heterocycles. The molecule has 1 unspecified atom stereocenters. The molecule has 0 aliphatic carbocycles. The molecule has 7 nitrogen and oxygen atoms in total. The van der Waals surface area contributed by atoms with Crippen molar-refractivity contribution in [3.8, 4) is 0 Å². The van der Waals surface area contributed by atoms with E-state index in [0.717, 1.165) is 5.56 Å². The predicted molar refractivity (Wildman–Crippen MR) is 99.8 cm³/mol. The molecule has 0 N–H and O–H groups in total. The summed E-state index contributed by atoms with van der Waals surface area (Å²) in [6.07, 6.45) is -1.62. The molecular formula is C17H29O7PS. The first-order valence-electron chi connectivity index (χ1n) is 8.47. The minimum atomic E-state index is -3.89. The van der Waals surface area contributed by atoms with Gasteiger partial charge in [-0.15, -0.1) is 0 Å². The number of ether oxygens (including phenoxy) is 1. The molecule has 26 heavy (non-hydrogen) atoms. The Labute approximate surface area is 156 Å². The number of hydrogen-bond donors (Lipinski definition) is 0. The third kappa shape index (κ3) is 8.29. The molecule has 150 valence electrons. The van der Waals surface area contributed by atoms with Gasteiger partial charge in [-0.25, -0.2) is 0 Å². The number of rotatable bonds is 11. The van der Waals surface area contributed by atoms with E-state index in [9.17, 15) is 13.0 Å². The van der Waals surface area contributed by atoms with E-state index in [1.165, 1.54) is 12.1 Å². The van der Waals surface area contributed by atoms with Crippen LogP contribution in [0.25, 0.3) is 0 Å². The quantitative estimate of drug-likeness (QED) is 0.402. The zero-order valence-corrected chi connectivity index (χ0v) is 17.9. The minimum absolute atomic E-state index is 0.0714. The molecule has 0 aliphatic rings. The Morgan fingerprint density at radius 3 is 1.92 bits per heavy atom. The summed E-state index contributed by atoms with van der Waals surface area (Å²) in [4.78, 5) is 0.0758. The van der Waals surface area contributed by atoms with Gasteiger partial charge in [0, 0.05) is 0 Å². The highest BCUT2D eigenvalue weighted by Gasteiger charge is 2.29. The Bertz CT molecular complexity index is 684. The lowest BCUT2D eigenvalue weighted by Gasteiger charge is -2.23. The monoisotopic (exact) mass is 408 g/mol. The largest absolute Gasteiger partial charge is 0.366 e. The number of benzene rings is 1. The zero-order chi connectivity index (χ0) is 20.0. The van der Waals surface area contributed by atoms with Gasteiger partial charge >= 0.3 is 7.60 Å². The minimum Gasteiger partial charge on any atom is -0.366 e. The molecule has 0 fully saturated rings.